The summed E-state index contributed by atoms with van der Waals surface area (Å²) < 4.78 is 12.6. The molecule has 0 aliphatic carbocycles. The minimum Gasteiger partial charge on any atom is -0.242 e. The van der Waals surface area contributed by atoms with Crippen molar-refractivity contribution in [2.45, 2.75) is 0 Å². The largest absolute Gasteiger partial charge is 0.242 e. The molecule has 5 heteroatoms. The molecule has 0 unspecified atom stereocenters. The normalized spacial score (nSPS) is 10.5. The molecule has 2 rings (SSSR count). The summed E-state index contributed by atoms with van der Waals surface area (Å²) in [5, 5.41) is 0. The molecule has 0 spiro atoms. The van der Waals surface area contributed by atoms with Crippen LogP contribution in [0.1, 0.15) is 0 Å². The summed E-state index contributed by atoms with van der Waals surface area (Å²) in [6.45, 7) is 0. The molecule has 0 radical (unpaired) electrons. The molecule has 0 amide bonds. The van der Waals surface area contributed by atoms with Crippen LogP contribution in [-0.2, 0) is 0 Å². The molecule has 0 bridgehead atoms. The van der Waals surface area contributed by atoms with Gasteiger partial charge in [0.25, 0.3) is 0 Å². The summed E-state index contributed by atoms with van der Waals surface area (Å²) in [5.41, 5.74) is 0.463. The van der Waals surface area contributed by atoms with Gasteiger partial charge >= 0.3 is 0 Å². The number of halogens is 1. The van der Waals surface area contributed by atoms with Crippen LogP contribution in [0.25, 0.3) is 11.5 Å². The molecular weight excluding hydrogens is 135 g/mol. The zero-order chi connectivity index (χ0) is 6.97. The third kappa shape index (κ3) is 0.570. The summed E-state index contributed by atoms with van der Waals surface area (Å²) in [6.07, 6.45) is 3.79. The minimum absolute atomic E-state index is 0.204. The average molecular weight is 138 g/mol. The summed E-state index contributed by atoms with van der Waals surface area (Å²) >= 11 is 0. The van der Waals surface area contributed by atoms with Crippen molar-refractivity contribution in [2.24, 2.45) is 0 Å². The van der Waals surface area contributed by atoms with E-state index in [1.165, 1.54) is 12.5 Å². The highest BCUT2D eigenvalue weighted by Crippen LogP contribution is 2.13. The van der Waals surface area contributed by atoms with Gasteiger partial charge in [-0.2, -0.15) is 0 Å². The lowest BCUT2D eigenvalue weighted by Gasteiger charge is -1.95. The lowest BCUT2D eigenvalue weighted by atomic mass is 10.4. The van der Waals surface area contributed by atoms with E-state index < -0.39 is 0 Å². The first-order valence-electron chi connectivity index (χ1n) is 2.67. The highest BCUT2D eigenvalue weighted by atomic mass is 19.2. The summed E-state index contributed by atoms with van der Waals surface area (Å²) in [7, 11) is 0. The molecule has 0 aromatic rings. The highest BCUT2D eigenvalue weighted by molar-refractivity contribution is 5.47. The van der Waals surface area contributed by atoms with Crippen LogP contribution >= 0.6 is 0 Å². The molecule has 0 fully saturated rings. The summed E-state index contributed by atoms with van der Waals surface area (Å²) in [6, 6.07) is 0. The Kier molecular flexibility index (Phi) is 0.913. The zero-order valence-corrected chi connectivity index (χ0v) is 4.90. The Morgan fingerprint density at radius 3 is 3.10 bits per heavy atom. The Hall–Kier alpha value is -1.52. The number of fused-ring (bicyclic) bond motifs is 1. The van der Waals surface area contributed by atoms with Crippen LogP contribution in [0.5, 0.6) is 0 Å². The maximum atomic E-state index is 12.6. The number of hydrogen-bond donors (Lipinski definition) is 0. The fourth-order valence-corrected chi connectivity index (χ4v) is 0.742. The van der Waals surface area contributed by atoms with Gasteiger partial charge in [0.15, 0.2) is 5.82 Å². The van der Waals surface area contributed by atoms with Gasteiger partial charge in [0, 0.05) is 0 Å². The van der Waals surface area contributed by atoms with Crippen LogP contribution in [0.2, 0.25) is 0 Å². The zero-order valence-electron chi connectivity index (χ0n) is 4.90. The van der Waals surface area contributed by atoms with Crippen molar-refractivity contribution in [3.8, 4) is 11.5 Å². The molecule has 0 atom stereocenters. The second-order valence-electron chi connectivity index (χ2n) is 1.79. The first-order valence-corrected chi connectivity index (χ1v) is 2.67. The van der Waals surface area contributed by atoms with Crippen molar-refractivity contribution in [2.75, 3.05) is 0 Å². The van der Waals surface area contributed by atoms with E-state index in [0.717, 1.165) is 6.33 Å². The SMILES string of the molecule is Fn1cncc2ncnc1-2. The predicted octanol–water partition coefficient (Wildman–Crippen LogP) is 0.510. The van der Waals surface area contributed by atoms with E-state index in [2.05, 4.69) is 15.0 Å². The first-order chi connectivity index (χ1) is 4.88. The van der Waals surface area contributed by atoms with Crippen LogP contribution in [0.3, 0.4) is 0 Å². The van der Waals surface area contributed by atoms with E-state index in [0.29, 0.717) is 10.5 Å². The number of rotatable bonds is 0. The van der Waals surface area contributed by atoms with Crippen molar-refractivity contribution in [3.05, 3.63) is 18.9 Å². The molecule has 50 valence electrons. The number of nitrogens with zero attached hydrogens (tertiary/aromatic N) is 4. The van der Waals surface area contributed by atoms with Crippen molar-refractivity contribution >= 4 is 0 Å². The van der Waals surface area contributed by atoms with Crippen molar-refractivity contribution in [3.63, 3.8) is 0 Å². The van der Waals surface area contributed by atoms with E-state index in [1.54, 1.807) is 0 Å². The molecule has 0 saturated heterocycles. The van der Waals surface area contributed by atoms with E-state index in [9.17, 15) is 4.48 Å². The minimum atomic E-state index is 0.204. The van der Waals surface area contributed by atoms with Gasteiger partial charge in [-0.1, -0.05) is 4.48 Å². The standard InChI is InChI=1S/C5H3FN4/c6-10-3-7-1-4-5(10)9-2-8-4/h1-3H. The summed E-state index contributed by atoms with van der Waals surface area (Å²) in [4.78, 5) is 11.3. The number of hydrogen-bond acceptors (Lipinski definition) is 3. The van der Waals surface area contributed by atoms with E-state index in [4.69, 9.17) is 0 Å². The molecule has 0 aromatic heterocycles. The van der Waals surface area contributed by atoms with Crippen molar-refractivity contribution < 1.29 is 4.48 Å². The molecule has 10 heavy (non-hydrogen) atoms. The van der Waals surface area contributed by atoms with E-state index in [1.807, 2.05) is 0 Å². The van der Waals surface area contributed by atoms with Crippen molar-refractivity contribution in [1.82, 2.24) is 19.7 Å². The van der Waals surface area contributed by atoms with Gasteiger partial charge in [-0.3, -0.25) is 0 Å². The van der Waals surface area contributed by atoms with E-state index >= 15 is 0 Å². The molecular formula is C5H3FN4. The topological polar surface area (TPSA) is 43.6 Å². The number of imidazole rings is 1. The van der Waals surface area contributed by atoms with Gasteiger partial charge < -0.3 is 0 Å². The maximum Gasteiger partial charge on any atom is 0.193 e. The van der Waals surface area contributed by atoms with E-state index in [-0.39, 0.29) is 5.82 Å². The molecule has 0 saturated carbocycles. The van der Waals surface area contributed by atoms with Crippen molar-refractivity contribution in [1.29, 1.82) is 0 Å². The van der Waals surface area contributed by atoms with Crippen LogP contribution in [0, 0.1) is 0 Å². The monoisotopic (exact) mass is 138 g/mol. The molecule has 4 nitrogen and oxygen atoms in total. The fourth-order valence-electron chi connectivity index (χ4n) is 0.742. The number of aromatic nitrogens is 4. The van der Waals surface area contributed by atoms with Gasteiger partial charge in [-0.15, -0.1) is 4.79 Å². The molecule has 2 heterocycles. The molecule has 2 aliphatic heterocycles. The lowest BCUT2D eigenvalue weighted by molar-refractivity contribution is 0.361. The maximum absolute atomic E-state index is 12.6. The summed E-state index contributed by atoms with van der Waals surface area (Å²) in [5.74, 6) is 0.204. The molecule has 0 N–H and O–H groups in total. The third-order valence-electron chi connectivity index (χ3n) is 1.17. The van der Waals surface area contributed by atoms with Gasteiger partial charge in [0.1, 0.15) is 18.3 Å². The quantitative estimate of drug-likeness (QED) is 0.532. The Morgan fingerprint density at radius 2 is 2.30 bits per heavy atom. The predicted molar refractivity (Wildman–Crippen MR) is 30.9 cm³/mol. The van der Waals surface area contributed by atoms with Crippen LogP contribution in [-0.4, -0.2) is 19.7 Å². The van der Waals surface area contributed by atoms with Gasteiger partial charge in [-0.05, 0) is 0 Å². The Morgan fingerprint density at radius 1 is 1.40 bits per heavy atom. The van der Waals surface area contributed by atoms with Crippen LogP contribution in [0.15, 0.2) is 18.9 Å². The van der Waals surface area contributed by atoms with Crippen LogP contribution in [0.4, 0.5) is 4.48 Å². The Balaban J connectivity index is 2.80. The second-order valence-corrected chi connectivity index (χ2v) is 1.79. The highest BCUT2D eigenvalue weighted by Gasteiger charge is 2.08. The smallest absolute Gasteiger partial charge is 0.193 e. The Bertz CT molecular complexity index is 318. The van der Waals surface area contributed by atoms with Gasteiger partial charge in [0.2, 0.25) is 0 Å². The van der Waals surface area contributed by atoms with Gasteiger partial charge in [-0.25, -0.2) is 15.0 Å². The molecule has 0 aromatic carbocycles. The fraction of sp³-hybridized carbons (Fsp3) is 0. The first kappa shape index (κ1) is 5.28. The average Bonchev–Trinajstić information content (AvgIpc) is 2.36. The third-order valence-corrected chi connectivity index (χ3v) is 1.17. The van der Waals surface area contributed by atoms with Crippen LogP contribution < -0.4 is 0 Å². The lowest BCUT2D eigenvalue weighted by Crippen LogP contribution is -1.93. The Labute approximate surface area is 55.6 Å². The second kappa shape index (κ2) is 1.73. The van der Waals surface area contributed by atoms with Gasteiger partial charge in [0.05, 0.1) is 6.20 Å². The molecule has 2 aliphatic rings.